The average Bonchev–Trinajstić information content (AvgIpc) is 2.45. The lowest BCUT2D eigenvalue weighted by Crippen LogP contribution is -2.38. The van der Waals surface area contributed by atoms with Crippen LogP contribution < -0.4 is 0 Å². The number of azo groups is 2. The van der Waals surface area contributed by atoms with Gasteiger partial charge in [-0.25, -0.2) is 0 Å². The van der Waals surface area contributed by atoms with Gasteiger partial charge in [0.1, 0.15) is 0 Å². The van der Waals surface area contributed by atoms with E-state index in [9.17, 15) is 0 Å². The van der Waals surface area contributed by atoms with E-state index < -0.39 is 0 Å². The van der Waals surface area contributed by atoms with Gasteiger partial charge in [-0.15, -0.1) is 0 Å². The van der Waals surface area contributed by atoms with E-state index in [1.807, 2.05) is 0 Å². The molecule has 34 heavy (non-hydrogen) atoms. The third-order valence-corrected chi connectivity index (χ3v) is 6.74. The molecule has 0 rings (SSSR count). The fourth-order valence-corrected chi connectivity index (χ4v) is 3.49. The van der Waals surface area contributed by atoms with Crippen molar-refractivity contribution in [1.29, 1.82) is 0 Å². The Morgan fingerprint density at radius 1 is 0.324 bits per heavy atom. The van der Waals surface area contributed by atoms with Gasteiger partial charge in [0, 0.05) is 0 Å². The minimum atomic E-state index is -0.129. The van der Waals surface area contributed by atoms with Crippen molar-refractivity contribution in [2.45, 2.75) is 173 Å². The van der Waals surface area contributed by atoms with Crippen LogP contribution in [0.25, 0.3) is 0 Å². The van der Waals surface area contributed by atoms with Gasteiger partial charge >= 0.3 is 0 Å². The van der Waals surface area contributed by atoms with Crippen LogP contribution in [-0.4, -0.2) is 22.2 Å². The summed E-state index contributed by atoms with van der Waals surface area (Å²) in [6, 6.07) is 0. The molecule has 0 aromatic heterocycles. The minimum absolute atomic E-state index is 0.0760. The van der Waals surface area contributed by atoms with Crippen LogP contribution in [0.4, 0.5) is 0 Å². The van der Waals surface area contributed by atoms with Crippen molar-refractivity contribution in [1.82, 2.24) is 0 Å². The maximum Gasteiger partial charge on any atom is 0.0808 e. The van der Waals surface area contributed by atoms with Gasteiger partial charge < -0.3 is 0 Å². The zero-order chi connectivity index (χ0) is 28.2. The van der Waals surface area contributed by atoms with Gasteiger partial charge in [0.05, 0.1) is 22.2 Å². The average molecular weight is 481 g/mol. The Labute approximate surface area is 215 Å². The van der Waals surface area contributed by atoms with Crippen molar-refractivity contribution >= 4 is 0 Å². The zero-order valence-corrected chi connectivity index (χ0v) is 27.2. The summed E-state index contributed by atoms with van der Waals surface area (Å²) in [4.78, 5) is 0. The van der Waals surface area contributed by atoms with Gasteiger partial charge in [0.2, 0.25) is 0 Å². The van der Waals surface area contributed by atoms with E-state index in [0.717, 1.165) is 12.8 Å². The van der Waals surface area contributed by atoms with E-state index in [1.165, 1.54) is 0 Å². The molecule has 204 valence electrons. The molecule has 0 atom stereocenters. The number of hydrogen-bond donors (Lipinski definition) is 0. The molecule has 0 saturated carbocycles. The first-order valence-corrected chi connectivity index (χ1v) is 13.2. The van der Waals surface area contributed by atoms with Gasteiger partial charge in [-0.1, -0.05) is 83.1 Å². The van der Waals surface area contributed by atoms with Crippen LogP contribution in [0, 0.1) is 21.7 Å². The number of rotatable bonds is 6. The molecule has 0 N–H and O–H groups in total. The van der Waals surface area contributed by atoms with E-state index in [1.54, 1.807) is 0 Å². The molecule has 0 fully saturated rings. The highest BCUT2D eigenvalue weighted by Crippen LogP contribution is 2.38. The molecule has 4 nitrogen and oxygen atoms in total. The molecule has 0 bridgehead atoms. The predicted molar refractivity (Wildman–Crippen MR) is 153 cm³/mol. The highest BCUT2D eigenvalue weighted by molar-refractivity contribution is 4.93. The Morgan fingerprint density at radius 3 is 0.676 bits per heavy atom. The van der Waals surface area contributed by atoms with Crippen molar-refractivity contribution in [2.24, 2.45) is 42.1 Å². The van der Waals surface area contributed by atoms with E-state index in [2.05, 4.69) is 159 Å². The van der Waals surface area contributed by atoms with Crippen LogP contribution in [0.2, 0.25) is 0 Å². The summed E-state index contributed by atoms with van der Waals surface area (Å²) < 4.78 is 0. The lowest BCUT2D eigenvalue weighted by molar-refractivity contribution is 0.182. The van der Waals surface area contributed by atoms with E-state index in [4.69, 9.17) is 0 Å². The predicted octanol–water partition coefficient (Wildman–Crippen LogP) is 11.0. The summed E-state index contributed by atoms with van der Waals surface area (Å²) in [5, 5.41) is 18.4. The molecule has 0 aliphatic rings. The molecule has 0 radical (unpaired) electrons. The van der Waals surface area contributed by atoms with Crippen molar-refractivity contribution in [3.05, 3.63) is 0 Å². The molecule has 0 aromatic rings. The topological polar surface area (TPSA) is 49.4 Å². The number of hydrogen-bond acceptors (Lipinski definition) is 4. The Kier molecular flexibility index (Phi) is 11.5. The summed E-state index contributed by atoms with van der Waals surface area (Å²) in [5.74, 6) is 0. The summed E-state index contributed by atoms with van der Waals surface area (Å²) in [7, 11) is 0. The molecule has 0 aliphatic carbocycles. The molecule has 0 saturated heterocycles. The van der Waals surface area contributed by atoms with Crippen LogP contribution in [0.1, 0.15) is 151 Å². The first kappa shape index (κ1) is 35.4. The molecular formula is C30H64N4. The van der Waals surface area contributed by atoms with Crippen molar-refractivity contribution in [3.63, 3.8) is 0 Å². The number of nitrogens with zero attached hydrogens (tertiary/aromatic N) is 4. The lowest BCUT2D eigenvalue weighted by atomic mass is 9.76. The SMILES string of the molecule is CC(C)(C)C(C)(C)N=NC(C)(C)C(C)(C)C.CC(C)(C)CC(C)(C)N=NC(C)(C)CC(C)(C)C. The van der Waals surface area contributed by atoms with Crippen molar-refractivity contribution < 1.29 is 0 Å². The van der Waals surface area contributed by atoms with Crippen molar-refractivity contribution in [2.75, 3.05) is 0 Å². The molecule has 4 heteroatoms. The van der Waals surface area contributed by atoms with Crippen molar-refractivity contribution in [3.8, 4) is 0 Å². The van der Waals surface area contributed by atoms with Crippen LogP contribution in [-0.2, 0) is 0 Å². The van der Waals surface area contributed by atoms with E-state index in [0.29, 0.717) is 0 Å². The van der Waals surface area contributed by atoms with Gasteiger partial charge in [-0.3, -0.25) is 0 Å². The van der Waals surface area contributed by atoms with E-state index in [-0.39, 0.29) is 43.8 Å². The smallest absolute Gasteiger partial charge is 0.0808 e. The van der Waals surface area contributed by atoms with E-state index >= 15 is 0 Å². The second-order valence-corrected chi connectivity index (χ2v) is 17.1. The highest BCUT2D eigenvalue weighted by Gasteiger charge is 2.37. The summed E-state index contributed by atoms with van der Waals surface area (Å²) in [5.41, 5.74) is 0.425. The highest BCUT2D eigenvalue weighted by atomic mass is 15.2. The fraction of sp³-hybridized carbons (Fsp3) is 1.00. The standard InChI is InChI=1S/C16H34N2.C14H30N2/c1-13(2,3)11-15(7,8)17-18-16(9,10)12-14(4,5)6;1-11(2,3)13(7,8)15-16-14(9,10)12(4,5)6/h11-12H2,1-10H3;1-10H3. The van der Waals surface area contributed by atoms with Crippen LogP contribution in [0.5, 0.6) is 0 Å². The Morgan fingerprint density at radius 2 is 0.529 bits per heavy atom. The third kappa shape index (κ3) is 15.2. The first-order chi connectivity index (χ1) is 14.3. The zero-order valence-electron chi connectivity index (χ0n) is 27.2. The monoisotopic (exact) mass is 481 g/mol. The Bertz CT molecular complexity index is 607. The molecule has 0 amide bonds. The third-order valence-electron chi connectivity index (χ3n) is 6.74. The molecule has 0 heterocycles. The van der Waals surface area contributed by atoms with Crippen LogP contribution in [0.15, 0.2) is 20.5 Å². The molecule has 0 unspecified atom stereocenters. The molecule has 0 aromatic carbocycles. The lowest BCUT2D eigenvalue weighted by Gasteiger charge is -2.38. The molecule has 0 aliphatic heterocycles. The van der Waals surface area contributed by atoms with Gasteiger partial charge in [-0.05, 0) is 89.9 Å². The van der Waals surface area contributed by atoms with Gasteiger partial charge in [-0.2, -0.15) is 20.5 Å². The maximum absolute atomic E-state index is 4.62. The molecule has 0 spiro atoms. The maximum atomic E-state index is 4.62. The summed E-state index contributed by atoms with van der Waals surface area (Å²) in [6.45, 7) is 44.0. The second-order valence-electron chi connectivity index (χ2n) is 17.1. The summed E-state index contributed by atoms with van der Waals surface area (Å²) in [6.07, 6.45) is 2.10. The van der Waals surface area contributed by atoms with Crippen LogP contribution >= 0.6 is 0 Å². The Hall–Kier alpha value is -0.800. The fourth-order valence-electron chi connectivity index (χ4n) is 3.49. The van der Waals surface area contributed by atoms with Gasteiger partial charge in [0.15, 0.2) is 0 Å². The van der Waals surface area contributed by atoms with Gasteiger partial charge in [0.25, 0.3) is 0 Å². The first-order valence-electron chi connectivity index (χ1n) is 13.2. The Balaban J connectivity index is 0. The normalized spacial score (nSPS) is 15.6. The molecular weight excluding hydrogens is 416 g/mol. The van der Waals surface area contributed by atoms with Crippen LogP contribution in [0.3, 0.4) is 0 Å². The summed E-state index contributed by atoms with van der Waals surface area (Å²) >= 11 is 0. The largest absolute Gasteiger partial charge is 0.187 e. The second kappa shape index (κ2) is 11.1. The quantitative estimate of drug-likeness (QED) is 0.339. The minimum Gasteiger partial charge on any atom is -0.187 e.